The number of hydrogen-bond donors (Lipinski definition) is 0. The molecule has 13 heteroatoms. The van der Waals surface area contributed by atoms with Crippen molar-refractivity contribution in [2.45, 2.75) is 261 Å². The van der Waals surface area contributed by atoms with Crippen LogP contribution in [0.4, 0.5) is 0 Å². The summed E-state index contributed by atoms with van der Waals surface area (Å²) < 4.78 is 0. The molecule has 8 heterocycles. The quantitative estimate of drug-likeness (QED) is 0.0354. The molecule has 4 aliphatic heterocycles. The van der Waals surface area contributed by atoms with Crippen LogP contribution < -0.4 is 0 Å². The molecule has 6 aromatic rings. The van der Waals surface area contributed by atoms with Crippen molar-refractivity contribution in [3.8, 4) is 32.0 Å². The Kier molecular flexibility index (Phi) is 28.4. The molecule has 0 spiro atoms. The number of hydrogen-bond acceptors (Lipinski definition) is 9. The van der Waals surface area contributed by atoms with Gasteiger partial charge in [-0.1, -0.05) is 246 Å². The van der Waals surface area contributed by atoms with Crippen molar-refractivity contribution in [3.05, 3.63) is 149 Å². The van der Waals surface area contributed by atoms with Gasteiger partial charge in [-0.25, -0.2) is 0 Å². The van der Waals surface area contributed by atoms with Crippen LogP contribution in [-0.2, 0) is 19.2 Å². The van der Waals surface area contributed by atoms with E-state index in [2.05, 4.69) is 139 Å². The fourth-order valence-electron chi connectivity index (χ4n) is 16.7. The summed E-state index contributed by atoms with van der Waals surface area (Å²) in [6.07, 6.45) is 36.1. The minimum Gasteiger partial charge on any atom is -0.306 e. The average Bonchev–Trinajstić information content (AvgIpc) is 1.56. The molecule has 0 N–H and O–H groups in total. The summed E-state index contributed by atoms with van der Waals surface area (Å²) in [5, 5.41) is 4.14. The lowest BCUT2D eigenvalue weighted by Crippen LogP contribution is -2.34. The number of carbonyl (C=O) groups is 5. The van der Waals surface area contributed by atoms with Crippen LogP contribution in [0.15, 0.2) is 118 Å². The van der Waals surface area contributed by atoms with Crippen molar-refractivity contribution in [3.63, 3.8) is 0 Å². The highest BCUT2D eigenvalue weighted by molar-refractivity contribution is 7.17. The van der Waals surface area contributed by atoms with E-state index in [0.717, 1.165) is 203 Å². The van der Waals surface area contributed by atoms with E-state index in [4.69, 9.17) is 0 Å². The first kappa shape index (κ1) is 76.9. The number of ketones is 1. The summed E-state index contributed by atoms with van der Waals surface area (Å²) in [6, 6.07) is 29.3. The van der Waals surface area contributed by atoms with Crippen molar-refractivity contribution < 1.29 is 24.0 Å². The van der Waals surface area contributed by atoms with Gasteiger partial charge < -0.3 is 19.6 Å². The zero-order chi connectivity index (χ0) is 71.7. The third kappa shape index (κ3) is 17.3. The molecular formula is C89H116N4O5S4. The molecule has 2 aromatic carbocycles. The summed E-state index contributed by atoms with van der Waals surface area (Å²) in [5.41, 5.74) is 10.3. The van der Waals surface area contributed by atoms with Crippen LogP contribution in [0.1, 0.15) is 296 Å². The van der Waals surface area contributed by atoms with Crippen molar-refractivity contribution in [2.24, 2.45) is 23.7 Å². The zero-order valence-electron chi connectivity index (χ0n) is 63.0. The number of carbonyl (C=O) groups excluding carboxylic acids is 5. The Morgan fingerprint density at radius 2 is 0.559 bits per heavy atom. The molecule has 102 heavy (non-hydrogen) atoms. The van der Waals surface area contributed by atoms with Crippen LogP contribution in [0.3, 0.4) is 0 Å². The maximum Gasteiger partial charge on any atom is 0.261 e. The van der Waals surface area contributed by atoms with Gasteiger partial charge in [-0.2, -0.15) is 0 Å². The molecular weight excluding hydrogens is 1330 g/mol. The lowest BCUT2D eigenvalue weighted by atomic mass is 9.94. The van der Waals surface area contributed by atoms with Gasteiger partial charge in [0.2, 0.25) is 0 Å². The van der Waals surface area contributed by atoms with Crippen molar-refractivity contribution in [1.82, 2.24) is 19.6 Å². The van der Waals surface area contributed by atoms with Crippen LogP contribution in [-0.4, -0.2) is 75.2 Å². The van der Waals surface area contributed by atoms with Gasteiger partial charge in [-0.05, 0) is 157 Å². The molecule has 0 bridgehead atoms. The van der Waals surface area contributed by atoms with E-state index in [0.29, 0.717) is 83.3 Å². The molecule has 0 radical (unpaired) electrons. The molecule has 4 atom stereocenters. The maximum absolute atomic E-state index is 15.7. The Morgan fingerprint density at radius 3 is 0.833 bits per heavy atom. The van der Waals surface area contributed by atoms with Gasteiger partial charge in [0.15, 0.2) is 5.78 Å². The number of nitrogens with zero attached hydrogens (tertiary/aromatic N) is 4. The van der Waals surface area contributed by atoms with E-state index >= 15 is 24.0 Å². The fourth-order valence-corrected chi connectivity index (χ4v) is 20.4. The number of benzene rings is 2. The van der Waals surface area contributed by atoms with Crippen LogP contribution in [0.2, 0.25) is 0 Å². The van der Waals surface area contributed by atoms with Crippen LogP contribution in [0, 0.1) is 23.7 Å². The summed E-state index contributed by atoms with van der Waals surface area (Å²) in [7, 11) is 0. The van der Waals surface area contributed by atoms with E-state index in [1.54, 1.807) is 45.3 Å². The molecule has 0 saturated carbocycles. The predicted molar refractivity (Wildman–Crippen MR) is 432 cm³/mol. The van der Waals surface area contributed by atoms with Crippen LogP contribution >= 0.6 is 45.3 Å². The van der Waals surface area contributed by atoms with Gasteiger partial charge in [0.1, 0.15) is 0 Å². The Balaban J connectivity index is 0.924. The van der Waals surface area contributed by atoms with Crippen LogP contribution in [0.5, 0.6) is 0 Å². The highest BCUT2D eigenvalue weighted by Gasteiger charge is 2.52. The van der Waals surface area contributed by atoms with E-state index < -0.39 is 0 Å². The van der Waals surface area contributed by atoms with Crippen LogP contribution in [0.25, 0.3) is 54.8 Å². The van der Waals surface area contributed by atoms with Gasteiger partial charge >= 0.3 is 0 Å². The molecule has 546 valence electrons. The maximum atomic E-state index is 15.7. The molecule has 0 saturated heterocycles. The van der Waals surface area contributed by atoms with Gasteiger partial charge in [0.05, 0.1) is 64.6 Å². The first-order valence-electron chi connectivity index (χ1n) is 40.3. The van der Waals surface area contributed by atoms with Gasteiger partial charge in [0.25, 0.3) is 23.6 Å². The highest BCUT2D eigenvalue weighted by Crippen LogP contribution is 2.53. The second kappa shape index (κ2) is 37.6. The minimum absolute atomic E-state index is 0.0216. The number of rotatable bonds is 46. The molecule has 0 fully saturated rings. The highest BCUT2D eigenvalue weighted by atomic mass is 32.1. The predicted octanol–water partition coefficient (Wildman–Crippen LogP) is 25.2. The summed E-state index contributed by atoms with van der Waals surface area (Å²) >= 11 is 6.45. The van der Waals surface area contributed by atoms with Gasteiger partial charge in [-0.15, -0.1) is 45.3 Å². The third-order valence-corrected chi connectivity index (χ3v) is 26.5. The first-order chi connectivity index (χ1) is 49.9. The Morgan fingerprint density at radius 1 is 0.284 bits per heavy atom. The number of unbranched alkanes of at least 4 members (excludes halogenated alkanes) is 16. The molecule has 9 nitrogen and oxygen atoms in total. The second-order valence-electron chi connectivity index (χ2n) is 30.1. The molecule has 4 amide bonds. The topological polar surface area (TPSA) is 98.3 Å². The lowest BCUT2D eigenvalue weighted by molar-refractivity contribution is -0.124. The second-order valence-corrected chi connectivity index (χ2v) is 34.2. The monoisotopic (exact) mass is 1450 g/mol. The Bertz CT molecular complexity index is 3720. The molecule has 5 aliphatic rings. The lowest BCUT2D eigenvalue weighted by Gasteiger charge is -2.29. The normalized spacial score (nSPS) is 16.4. The number of thiophene rings is 4. The average molecular weight is 1450 g/mol. The number of amides is 4. The van der Waals surface area contributed by atoms with E-state index in [-0.39, 0.29) is 29.4 Å². The van der Waals surface area contributed by atoms with E-state index in [1.807, 2.05) is 31.7 Å². The first-order valence-corrected chi connectivity index (χ1v) is 43.7. The van der Waals surface area contributed by atoms with E-state index in [1.165, 1.54) is 77.0 Å². The molecule has 11 rings (SSSR count). The molecule has 4 aromatic heterocycles. The standard InChI is InChI=1S/C89H116N4O5S4/c1-9-17-25-29-39-61(35-21-13-5)57-90-81(73-43-33-53-99-73)77-79(88(90)97)83(92(86(77)95)59-63(37-23-15-7)41-31-27-19-11-3)75-51-49-71(101-75)65-45-47-67-68-48-46-66(56-70(68)85(94)69(67)55-65)72-50-52-76(102-72)84-80-78(87(96)93(84)60-64(38-24-16-8)42-32-28-20-12-4)82(74-44-34-54-100-74)91(89(80)98)58-62(36-22-14-6)40-30-26-18-10-2/h33-34,43-56,61-64H,9-32,35-42,57-60H2,1-8H3. The Hall–Kier alpha value is -6.25. The number of fused-ring (bicyclic) bond motifs is 5. The summed E-state index contributed by atoms with van der Waals surface area (Å²) in [4.78, 5) is 91.7. The van der Waals surface area contributed by atoms with Gasteiger partial charge in [0, 0.05) is 47.1 Å². The minimum atomic E-state index is -0.0520. The summed E-state index contributed by atoms with van der Waals surface area (Å²) in [6.45, 7) is 20.4. The van der Waals surface area contributed by atoms with Crippen molar-refractivity contribution >= 4 is 97.5 Å². The van der Waals surface area contributed by atoms with Crippen molar-refractivity contribution in [1.29, 1.82) is 0 Å². The zero-order valence-corrected chi connectivity index (χ0v) is 66.2. The van der Waals surface area contributed by atoms with Crippen molar-refractivity contribution in [2.75, 3.05) is 26.2 Å². The molecule has 4 unspecified atom stereocenters. The SMILES string of the molecule is CCCCCCC(CCCC)CN1C(=O)C2=C(c3ccc(-c4ccc5c(c4)C(=O)c4cc(-c6ccc(C7=C8C(=O)N(CC(CCCC)CCCCCC)C(c9cccs9)=C8C(=O)N7CC(CCCC)CCCCCC)s6)ccc4-5)s3)N(CC(CCCC)CCCCCC)C(=O)C2=C1c1cccs1. The third-order valence-electron chi connectivity index (χ3n) is 22.4. The molecule has 1 aliphatic carbocycles. The van der Waals surface area contributed by atoms with Gasteiger partial charge in [-0.3, -0.25) is 24.0 Å². The summed E-state index contributed by atoms with van der Waals surface area (Å²) in [5.74, 6) is 1.05. The largest absolute Gasteiger partial charge is 0.306 e. The fraction of sp³-hybridized carbons (Fsp3) is 0.539. The smallest absolute Gasteiger partial charge is 0.261 e. The van der Waals surface area contributed by atoms with E-state index in [9.17, 15) is 0 Å². The Labute approximate surface area is 628 Å².